The second kappa shape index (κ2) is 14.4. The number of fused-ring (bicyclic) bond motifs is 1. The first-order chi connectivity index (χ1) is 21.9. The highest BCUT2D eigenvalue weighted by molar-refractivity contribution is 5.97. The van der Waals surface area contributed by atoms with Gasteiger partial charge in [-0.15, -0.1) is 0 Å². The summed E-state index contributed by atoms with van der Waals surface area (Å²) in [6, 6.07) is 20.7. The van der Waals surface area contributed by atoms with Gasteiger partial charge in [0, 0.05) is 31.9 Å². The number of rotatable bonds is 9. The van der Waals surface area contributed by atoms with Gasteiger partial charge in [0.25, 0.3) is 5.91 Å². The van der Waals surface area contributed by atoms with Crippen molar-refractivity contribution in [1.82, 2.24) is 20.5 Å². The number of amides is 3. The number of hydrogen-bond acceptors (Lipinski definition) is 7. The van der Waals surface area contributed by atoms with Gasteiger partial charge < -0.3 is 25.0 Å². The Morgan fingerprint density at radius 2 is 1.71 bits per heavy atom. The second-order valence-electron chi connectivity index (χ2n) is 11.5. The van der Waals surface area contributed by atoms with Crippen LogP contribution in [0.15, 0.2) is 72.9 Å². The first-order valence-electron chi connectivity index (χ1n) is 15.5. The van der Waals surface area contributed by atoms with Crippen molar-refractivity contribution < 1.29 is 28.7 Å². The third-order valence-corrected chi connectivity index (χ3v) is 8.98. The molecule has 1 aliphatic carbocycles. The number of benzene rings is 2. The van der Waals surface area contributed by atoms with Crippen LogP contribution in [0.4, 0.5) is 0 Å². The molecule has 236 valence electrons. The minimum Gasteiger partial charge on any atom is -0.480 e. The van der Waals surface area contributed by atoms with Crippen molar-refractivity contribution in [2.45, 2.75) is 55.9 Å². The minimum absolute atomic E-state index is 0.0381. The normalized spacial score (nSPS) is 21.1. The lowest BCUT2D eigenvalue weighted by atomic mass is 9.62. The van der Waals surface area contributed by atoms with Crippen molar-refractivity contribution in [2.75, 3.05) is 33.9 Å². The molecular weight excluding hydrogens is 572 g/mol. The molecule has 10 heteroatoms. The van der Waals surface area contributed by atoms with Crippen LogP contribution in [0.5, 0.6) is 5.88 Å². The molecule has 1 saturated heterocycles. The molecule has 2 unspecified atom stereocenters. The number of carbonyl (C=O) groups is 4. The van der Waals surface area contributed by atoms with Crippen LogP contribution in [0, 0.1) is 0 Å². The summed E-state index contributed by atoms with van der Waals surface area (Å²) in [6.45, 7) is 1.27. The van der Waals surface area contributed by atoms with E-state index >= 15 is 0 Å². The van der Waals surface area contributed by atoms with E-state index in [4.69, 9.17) is 9.47 Å². The predicted molar refractivity (Wildman–Crippen MR) is 168 cm³/mol. The summed E-state index contributed by atoms with van der Waals surface area (Å²) in [5, 5.41) is 6.07. The third-order valence-electron chi connectivity index (χ3n) is 8.98. The summed E-state index contributed by atoms with van der Waals surface area (Å²) in [5.41, 5.74) is 1.87. The molecule has 2 heterocycles. The first-order valence-corrected chi connectivity index (χ1v) is 15.5. The van der Waals surface area contributed by atoms with Crippen LogP contribution in [-0.4, -0.2) is 73.5 Å². The summed E-state index contributed by atoms with van der Waals surface area (Å²) >= 11 is 0. The average Bonchev–Trinajstić information content (AvgIpc) is 3.33. The van der Waals surface area contributed by atoms with Crippen molar-refractivity contribution in [3.63, 3.8) is 0 Å². The van der Waals surface area contributed by atoms with Crippen LogP contribution in [0.1, 0.15) is 71.5 Å². The molecular formula is C35H40N4O6. The van der Waals surface area contributed by atoms with E-state index < -0.39 is 17.3 Å². The number of ether oxygens (including phenoxy) is 2. The van der Waals surface area contributed by atoms with Crippen molar-refractivity contribution in [1.29, 1.82) is 0 Å². The van der Waals surface area contributed by atoms with E-state index in [2.05, 4.69) is 15.6 Å². The zero-order valence-corrected chi connectivity index (χ0v) is 25.8. The third kappa shape index (κ3) is 6.69. The highest BCUT2D eigenvalue weighted by Crippen LogP contribution is 2.48. The Kier molecular flexibility index (Phi) is 10.1. The van der Waals surface area contributed by atoms with Gasteiger partial charge in [-0.05, 0) is 60.9 Å². The van der Waals surface area contributed by atoms with Gasteiger partial charge in [-0.25, -0.2) is 4.98 Å². The Morgan fingerprint density at radius 1 is 0.933 bits per heavy atom. The number of esters is 1. The van der Waals surface area contributed by atoms with Gasteiger partial charge in [0.05, 0.1) is 32.0 Å². The van der Waals surface area contributed by atoms with Gasteiger partial charge in [0.15, 0.2) is 0 Å². The number of nitrogens with zero attached hydrogens (tertiary/aromatic N) is 2. The molecule has 3 amide bonds. The maximum absolute atomic E-state index is 14.2. The molecule has 0 spiro atoms. The predicted octanol–water partition coefficient (Wildman–Crippen LogP) is 3.74. The van der Waals surface area contributed by atoms with Gasteiger partial charge in [-0.3, -0.25) is 19.2 Å². The van der Waals surface area contributed by atoms with Crippen LogP contribution in [-0.2, 0) is 24.5 Å². The fourth-order valence-corrected chi connectivity index (χ4v) is 6.69. The lowest BCUT2D eigenvalue weighted by molar-refractivity contribution is -0.140. The van der Waals surface area contributed by atoms with Gasteiger partial charge in [-0.2, -0.15) is 0 Å². The van der Waals surface area contributed by atoms with Gasteiger partial charge >= 0.3 is 5.97 Å². The van der Waals surface area contributed by atoms with E-state index in [0.29, 0.717) is 37.9 Å². The van der Waals surface area contributed by atoms with E-state index in [1.165, 1.54) is 14.2 Å². The van der Waals surface area contributed by atoms with E-state index in [9.17, 15) is 19.2 Å². The largest absolute Gasteiger partial charge is 0.480 e. The van der Waals surface area contributed by atoms with Crippen LogP contribution in [0.25, 0.3) is 0 Å². The number of aromatic nitrogens is 1. The van der Waals surface area contributed by atoms with Gasteiger partial charge in [-0.1, -0.05) is 54.6 Å². The Morgan fingerprint density at radius 3 is 2.49 bits per heavy atom. The lowest BCUT2D eigenvalue weighted by Gasteiger charge is -2.42. The monoisotopic (exact) mass is 612 g/mol. The van der Waals surface area contributed by atoms with Crippen LogP contribution in [0.2, 0.25) is 0 Å². The molecule has 0 radical (unpaired) electrons. The molecule has 0 bridgehead atoms. The Labute approximate surface area is 263 Å². The summed E-state index contributed by atoms with van der Waals surface area (Å²) in [7, 11) is 2.81. The lowest BCUT2D eigenvalue weighted by Crippen LogP contribution is -2.50. The fraction of sp³-hybridized carbons (Fsp3) is 0.400. The Bertz CT molecular complexity index is 1530. The van der Waals surface area contributed by atoms with Gasteiger partial charge in [0.1, 0.15) is 5.56 Å². The molecule has 2 aromatic carbocycles. The second-order valence-corrected chi connectivity index (χ2v) is 11.5. The minimum atomic E-state index is -1.01. The van der Waals surface area contributed by atoms with E-state index in [1.54, 1.807) is 18.3 Å². The van der Waals surface area contributed by atoms with Crippen molar-refractivity contribution >= 4 is 23.7 Å². The summed E-state index contributed by atoms with van der Waals surface area (Å²) in [5.74, 6) is -0.916. The molecule has 1 aliphatic heterocycles. The summed E-state index contributed by atoms with van der Waals surface area (Å²) < 4.78 is 9.99. The van der Waals surface area contributed by atoms with Crippen molar-refractivity contribution in [2.24, 2.45) is 0 Å². The standard InChI is InChI=1S/C35H40N4O6/c1-44-30(40)17-21-37-34(43)35(24-10-4-3-5-11-24)19-16-27(26-13-6-7-15-29(26)35)33(42)39-22-9-12-25(18-23-39)38-31(41)28-14-8-20-36-32(28)45-2/h3-8,10-11,13-15,20,25,27H,9,12,16-19,21-23H2,1-2H3,(H,37,43)(H,38,41)/t25?,27-,35?/m1/s1. The molecule has 10 nitrogen and oxygen atoms in total. The quantitative estimate of drug-likeness (QED) is 0.353. The number of hydrogen-bond donors (Lipinski definition) is 2. The molecule has 1 fully saturated rings. The molecule has 1 aromatic heterocycles. The smallest absolute Gasteiger partial charge is 0.307 e. The average molecular weight is 613 g/mol. The van der Waals surface area contributed by atoms with E-state index in [1.807, 2.05) is 59.5 Å². The molecule has 3 aromatic rings. The topological polar surface area (TPSA) is 127 Å². The van der Waals surface area contributed by atoms with Crippen LogP contribution in [0.3, 0.4) is 0 Å². The van der Waals surface area contributed by atoms with Gasteiger partial charge in [0.2, 0.25) is 17.7 Å². The SMILES string of the molecule is COC(=O)CCNC(=O)C1(c2ccccc2)CC[C@@H](C(=O)N2CCCC(NC(=O)c3cccnc3OC)CC2)c2ccccc21. The molecule has 0 saturated carbocycles. The Balaban J connectivity index is 1.34. The first kappa shape index (κ1) is 31.7. The maximum Gasteiger partial charge on any atom is 0.307 e. The Hall–Kier alpha value is -4.73. The van der Waals surface area contributed by atoms with Crippen LogP contribution < -0.4 is 15.4 Å². The highest BCUT2D eigenvalue weighted by Gasteiger charge is 2.48. The number of carbonyl (C=O) groups excluding carboxylic acids is 4. The molecule has 5 rings (SSSR count). The molecule has 45 heavy (non-hydrogen) atoms. The van der Waals surface area contributed by atoms with Crippen LogP contribution >= 0.6 is 0 Å². The van der Waals surface area contributed by atoms with Crippen molar-refractivity contribution in [3.8, 4) is 5.88 Å². The van der Waals surface area contributed by atoms with E-state index in [-0.39, 0.29) is 42.6 Å². The summed E-state index contributed by atoms with van der Waals surface area (Å²) in [4.78, 5) is 58.9. The number of likely N-dealkylation sites (tertiary alicyclic amines) is 1. The number of nitrogens with one attached hydrogen (secondary N) is 2. The zero-order valence-electron chi connectivity index (χ0n) is 25.8. The number of pyridine rings is 1. The van der Waals surface area contributed by atoms with E-state index in [0.717, 1.165) is 29.5 Å². The maximum atomic E-state index is 14.2. The van der Waals surface area contributed by atoms with Crippen molar-refractivity contribution in [3.05, 3.63) is 95.2 Å². The summed E-state index contributed by atoms with van der Waals surface area (Å²) in [6.07, 6.45) is 4.72. The molecule has 3 atom stereocenters. The fourth-order valence-electron chi connectivity index (χ4n) is 6.69. The molecule has 2 aliphatic rings. The zero-order chi connectivity index (χ0) is 31.8. The molecule has 2 N–H and O–H groups in total. The number of methoxy groups -OCH3 is 2. The highest BCUT2D eigenvalue weighted by atomic mass is 16.5.